The average Bonchev–Trinajstić information content (AvgIpc) is 3.23. The number of rotatable bonds is 3. The Hall–Kier alpha value is -3.60. The molecule has 0 amide bonds. The molecule has 3 nitrogen and oxygen atoms in total. The smallest absolute Gasteiger partial charge is 0.208 e. The minimum absolute atomic E-state index is 0.186. The first kappa shape index (κ1) is 19.1. The van der Waals surface area contributed by atoms with Crippen LogP contribution in [0.2, 0.25) is 5.28 Å². The standard InChI is InChI=1S/C27H16ClN3S/c28-27-30-25(21-13-5-4-11-18(21)17-9-2-1-3-10-17)29-26(31-27)22-15-8-14-20-19-12-6-7-16-23(19)32-24(20)22/h1-16H. The molecule has 0 aliphatic heterocycles. The van der Waals surface area contributed by atoms with Gasteiger partial charge in [-0.25, -0.2) is 4.98 Å². The molecule has 0 fully saturated rings. The Morgan fingerprint density at radius 2 is 1.16 bits per heavy atom. The number of aromatic nitrogens is 3. The summed E-state index contributed by atoms with van der Waals surface area (Å²) in [6.07, 6.45) is 0. The molecule has 0 unspecified atom stereocenters. The summed E-state index contributed by atoms with van der Waals surface area (Å²) in [4.78, 5) is 13.9. The Morgan fingerprint density at radius 1 is 0.531 bits per heavy atom. The van der Waals surface area contributed by atoms with Gasteiger partial charge in [-0.1, -0.05) is 84.9 Å². The van der Waals surface area contributed by atoms with E-state index in [1.54, 1.807) is 11.3 Å². The zero-order chi connectivity index (χ0) is 21.5. The van der Waals surface area contributed by atoms with E-state index in [2.05, 4.69) is 64.6 Å². The first-order valence-corrected chi connectivity index (χ1v) is 11.4. The summed E-state index contributed by atoms with van der Waals surface area (Å²) in [5.74, 6) is 1.15. The fraction of sp³-hybridized carbons (Fsp3) is 0. The van der Waals surface area contributed by atoms with E-state index in [0.717, 1.165) is 27.0 Å². The second-order valence-electron chi connectivity index (χ2n) is 7.44. The first-order chi connectivity index (χ1) is 15.8. The molecule has 0 bridgehead atoms. The molecule has 4 aromatic carbocycles. The number of hydrogen-bond donors (Lipinski definition) is 0. The van der Waals surface area contributed by atoms with Crippen molar-refractivity contribution >= 4 is 43.1 Å². The lowest BCUT2D eigenvalue weighted by Crippen LogP contribution is -1.98. The van der Waals surface area contributed by atoms with Crippen molar-refractivity contribution in [3.05, 3.63) is 102 Å². The van der Waals surface area contributed by atoms with E-state index in [0.29, 0.717) is 11.6 Å². The first-order valence-electron chi connectivity index (χ1n) is 10.2. The SMILES string of the molecule is Clc1nc(-c2ccccc2-c2ccccc2)nc(-c2cccc3c2sc2ccccc23)n1. The molecule has 32 heavy (non-hydrogen) atoms. The Morgan fingerprint density at radius 3 is 2.00 bits per heavy atom. The van der Waals surface area contributed by atoms with Crippen LogP contribution in [0.15, 0.2) is 97.1 Å². The number of nitrogens with zero attached hydrogens (tertiary/aromatic N) is 3. The molecule has 5 heteroatoms. The van der Waals surface area contributed by atoms with Gasteiger partial charge >= 0.3 is 0 Å². The topological polar surface area (TPSA) is 38.7 Å². The monoisotopic (exact) mass is 449 g/mol. The summed E-state index contributed by atoms with van der Waals surface area (Å²) in [5.41, 5.74) is 4.05. The molecule has 0 aliphatic carbocycles. The second-order valence-corrected chi connectivity index (χ2v) is 8.83. The molecular weight excluding hydrogens is 434 g/mol. The summed E-state index contributed by atoms with van der Waals surface area (Å²) in [5, 5.41) is 2.63. The van der Waals surface area contributed by atoms with Crippen LogP contribution in [-0.4, -0.2) is 15.0 Å². The van der Waals surface area contributed by atoms with Crippen LogP contribution < -0.4 is 0 Å². The highest BCUT2D eigenvalue weighted by atomic mass is 35.5. The van der Waals surface area contributed by atoms with Gasteiger partial charge in [-0.15, -0.1) is 11.3 Å². The zero-order valence-electron chi connectivity index (χ0n) is 16.9. The van der Waals surface area contributed by atoms with Gasteiger partial charge in [0.1, 0.15) is 0 Å². The summed E-state index contributed by atoms with van der Waals surface area (Å²) < 4.78 is 2.39. The van der Waals surface area contributed by atoms with Gasteiger partial charge in [-0.05, 0) is 34.9 Å². The molecule has 0 N–H and O–H groups in total. The maximum absolute atomic E-state index is 6.42. The van der Waals surface area contributed by atoms with Crippen LogP contribution in [0.4, 0.5) is 0 Å². The summed E-state index contributed by atoms with van der Waals surface area (Å²) in [6, 6.07) is 33.0. The van der Waals surface area contributed by atoms with Crippen LogP contribution in [-0.2, 0) is 0 Å². The van der Waals surface area contributed by atoms with Gasteiger partial charge in [-0.3, -0.25) is 0 Å². The maximum atomic E-state index is 6.42. The third-order valence-electron chi connectivity index (χ3n) is 5.51. The van der Waals surface area contributed by atoms with Crippen LogP contribution in [0, 0.1) is 0 Å². The van der Waals surface area contributed by atoms with Crippen molar-refractivity contribution in [2.45, 2.75) is 0 Å². The Bertz CT molecular complexity index is 1590. The predicted octanol–water partition coefficient (Wildman–Crippen LogP) is 7.89. The number of hydrogen-bond acceptors (Lipinski definition) is 4. The average molecular weight is 450 g/mol. The van der Waals surface area contributed by atoms with Gasteiger partial charge in [-0.2, -0.15) is 9.97 Å². The van der Waals surface area contributed by atoms with Gasteiger partial charge in [0.05, 0.1) is 0 Å². The number of thiophene rings is 1. The van der Waals surface area contributed by atoms with Gasteiger partial charge in [0, 0.05) is 31.3 Å². The van der Waals surface area contributed by atoms with Crippen molar-refractivity contribution in [3.63, 3.8) is 0 Å². The lowest BCUT2D eigenvalue weighted by atomic mass is 9.99. The molecule has 6 aromatic rings. The minimum atomic E-state index is 0.186. The van der Waals surface area contributed by atoms with Crippen molar-refractivity contribution in [1.29, 1.82) is 0 Å². The van der Waals surface area contributed by atoms with Crippen LogP contribution in [0.5, 0.6) is 0 Å². The molecular formula is C27H16ClN3S. The van der Waals surface area contributed by atoms with Crippen molar-refractivity contribution in [1.82, 2.24) is 15.0 Å². The minimum Gasteiger partial charge on any atom is -0.208 e. The Labute approximate surface area is 194 Å². The lowest BCUT2D eigenvalue weighted by molar-refractivity contribution is 1.07. The van der Waals surface area contributed by atoms with Crippen molar-refractivity contribution in [2.75, 3.05) is 0 Å². The Kier molecular flexibility index (Phi) is 4.67. The molecule has 0 atom stereocenters. The van der Waals surface area contributed by atoms with Crippen LogP contribution in [0.3, 0.4) is 0 Å². The predicted molar refractivity (Wildman–Crippen MR) is 134 cm³/mol. The molecule has 0 radical (unpaired) electrons. The molecule has 0 spiro atoms. The number of benzene rings is 4. The fourth-order valence-corrected chi connectivity index (χ4v) is 5.43. The van der Waals surface area contributed by atoms with Crippen LogP contribution >= 0.6 is 22.9 Å². The van der Waals surface area contributed by atoms with Gasteiger partial charge in [0.15, 0.2) is 11.6 Å². The van der Waals surface area contributed by atoms with E-state index in [9.17, 15) is 0 Å². The molecule has 2 heterocycles. The maximum Gasteiger partial charge on any atom is 0.226 e. The highest BCUT2D eigenvalue weighted by molar-refractivity contribution is 7.26. The third kappa shape index (κ3) is 3.25. The molecule has 2 aromatic heterocycles. The summed E-state index contributed by atoms with van der Waals surface area (Å²) in [7, 11) is 0. The van der Waals surface area contributed by atoms with Crippen LogP contribution in [0.25, 0.3) is 54.1 Å². The van der Waals surface area contributed by atoms with Crippen molar-refractivity contribution in [3.8, 4) is 33.9 Å². The van der Waals surface area contributed by atoms with E-state index in [1.807, 2.05) is 42.5 Å². The molecule has 152 valence electrons. The van der Waals surface area contributed by atoms with Gasteiger partial charge in [0.25, 0.3) is 0 Å². The zero-order valence-corrected chi connectivity index (χ0v) is 18.4. The number of halogens is 1. The van der Waals surface area contributed by atoms with E-state index in [4.69, 9.17) is 16.6 Å². The second kappa shape index (κ2) is 7.83. The van der Waals surface area contributed by atoms with E-state index >= 15 is 0 Å². The molecule has 0 saturated heterocycles. The fourth-order valence-electron chi connectivity index (χ4n) is 4.06. The Balaban J connectivity index is 1.57. The molecule has 6 rings (SSSR count). The lowest BCUT2D eigenvalue weighted by Gasteiger charge is -2.10. The van der Waals surface area contributed by atoms with Gasteiger partial charge < -0.3 is 0 Å². The highest BCUT2D eigenvalue weighted by Gasteiger charge is 2.16. The van der Waals surface area contributed by atoms with Crippen molar-refractivity contribution in [2.24, 2.45) is 0 Å². The van der Waals surface area contributed by atoms with E-state index in [-0.39, 0.29) is 5.28 Å². The van der Waals surface area contributed by atoms with Crippen LogP contribution in [0.1, 0.15) is 0 Å². The quantitative estimate of drug-likeness (QED) is 0.275. The van der Waals surface area contributed by atoms with Gasteiger partial charge in [0.2, 0.25) is 5.28 Å². The van der Waals surface area contributed by atoms with E-state index in [1.165, 1.54) is 15.5 Å². The normalized spacial score (nSPS) is 11.3. The number of fused-ring (bicyclic) bond motifs is 3. The third-order valence-corrected chi connectivity index (χ3v) is 6.89. The largest absolute Gasteiger partial charge is 0.226 e. The molecule has 0 saturated carbocycles. The van der Waals surface area contributed by atoms with E-state index < -0.39 is 0 Å². The molecule has 0 aliphatic rings. The van der Waals surface area contributed by atoms with Crippen molar-refractivity contribution < 1.29 is 0 Å². The highest BCUT2D eigenvalue weighted by Crippen LogP contribution is 2.39. The summed E-state index contributed by atoms with van der Waals surface area (Å²) >= 11 is 8.17. The summed E-state index contributed by atoms with van der Waals surface area (Å²) in [6.45, 7) is 0.